The maximum atomic E-state index is 12.1. The van der Waals surface area contributed by atoms with Crippen LogP contribution in [0.4, 0.5) is 0 Å². The number of aryl methyl sites for hydroxylation is 1. The molecule has 0 aliphatic heterocycles. The zero-order chi connectivity index (χ0) is 13.9. The Morgan fingerprint density at radius 3 is 2.90 bits per heavy atom. The van der Waals surface area contributed by atoms with Gasteiger partial charge in [-0.25, -0.2) is 4.98 Å². The molecule has 0 aromatic carbocycles. The zero-order valence-corrected chi connectivity index (χ0v) is 13.2. The molecule has 1 amide bonds. The number of nitrogens with zero attached hydrogens (tertiary/aromatic N) is 1. The third-order valence-electron chi connectivity index (χ3n) is 2.74. The van der Waals surface area contributed by atoms with Gasteiger partial charge in [-0.1, -0.05) is 6.07 Å². The maximum Gasteiger partial charge on any atom is 0.252 e. The van der Waals surface area contributed by atoms with Crippen LogP contribution in [0.15, 0.2) is 34.3 Å². The fraction of sp³-hybridized carbons (Fsp3) is 0.143. The Hall–Kier alpha value is -1.50. The molecule has 20 heavy (non-hydrogen) atoms. The first kappa shape index (κ1) is 13.5. The van der Waals surface area contributed by atoms with E-state index < -0.39 is 0 Å². The average molecular weight is 320 g/mol. The molecule has 0 saturated carbocycles. The molecule has 0 atom stereocenters. The number of thiazole rings is 1. The highest BCUT2D eigenvalue weighted by Gasteiger charge is 2.11. The molecular formula is C14H12N2OS3. The Balaban J connectivity index is 1.68. The summed E-state index contributed by atoms with van der Waals surface area (Å²) in [5.74, 6) is -0.0344. The molecule has 0 aliphatic carbocycles. The van der Waals surface area contributed by atoms with E-state index in [1.807, 2.05) is 41.3 Å². The van der Waals surface area contributed by atoms with Crippen LogP contribution in [-0.2, 0) is 6.54 Å². The topological polar surface area (TPSA) is 42.0 Å². The second-order valence-corrected chi connectivity index (χ2v) is 7.22. The van der Waals surface area contributed by atoms with Crippen LogP contribution in [0.5, 0.6) is 0 Å². The molecule has 3 rings (SSSR count). The first-order valence-electron chi connectivity index (χ1n) is 6.04. The van der Waals surface area contributed by atoms with Crippen molar-refractivity contribution in [3.63, 3.8) is 0 Å². The van der Waals surface area contributed by atoms with Crippen molar-refractivity contribution < 1.29 is 4.79 Å². The summed E-state index contributed by atoms with van der Waals surface area (Å²) in [5.41, 5.74) is 1.65. The first-order valence-corrected chi connectivity index (χ1v) is 8.68. The quantitative estimate of drug-likeness (QED) is 0.784. The van der Waals surface area contributed by atoms with Gasteiger partial charge in [0.15, 0.2) is 0 Å². The highest BCUT2D eigenvalue weighted by Crippen LogP contribution is 2.28. The highest BCUT2D eigenvalue weighted by atomic mass is 32.1. The SMILES string of the molecule is Cc1nc(-c2cc(C(=O)NCc3cccs3)cs2)cs1. The zero-order valence-electron chi connectivity index (χ0n) is 10.8. The summed E-state index contributed by atoms with van der Waals surface area (Å²) >= 11 is 4.82. The number of carbonyl (C=O) groups excluding carboxylic acids is 1. The minimum atomic E-state index is -0.0344. The molecule has 0 radical (unpaired) electrons. The Labute approximate surface area is 128 Å². The molecule has 0 saturated heterocycles. The van der Waals surface area contributed by atoms with Crippen LogP contribution in [0.25, 0.3) is 10.6 Å². The molecular weight excluding hydrogens is 308 g/mol. The molecule has 102 valence electrons. The van der Waals surface area contributed by atoms with Crippen LogP contribution in [0, 0.1) is 6.92 Å². The van der Waals surface area contributed by atoms with E-state index in [9.17, 15) is 4.79 Å². The van der Waals surface area contributed by atoms with E-state index >= 15 is 0 Å². The molecule has 0 fully saturated rings. The van der Waals surface area contributed by atoms with Gasteiger partial charge in [-0.15, -0.1) is 34.0 Å². The molecule has 3 nitrogen and oxygen atoms in total. The number of rotatable bonds is 4. The standard InChI is InChI=1S/C14H12N2OS3/c1-9-16-12(8-19-9)13-5-10(7-20-13)14(17)15-6-11-3-2-4-18-11/h2-5,7-8H,6H2,1H3,(H,15,17). The van der Waals surface area contributed by atoms with Crippen LogP contribution >= 0.6 is 34.0 Å². The summed E-state index contributed by atoms with van der Waals surface area (Å²) in [5, 5.41) is 9.88. The van der Waals surface area contributed by atoms with Gasteiger partial charge in [-0.3, -0.25) is 4.79 Å². The van der Waals surface area contributed by atoms with Crippen molar-refractivity contribution in [2.45, 2.75) is 13.5 Å². The fourth-order valence-corrected chi connectivity index (χ4v) is 3.93. The first-order chi connectivity index (χ1) is 9.72. The molecule has 0 aliphatic rings. The van der Waals surface area contributed by atoms with E-state index in [1.165, 1.54) is 0 Å². The van der Waals surface area contributed by atoms with Crippen LogP contribution < -0.4 is 5.32 Å². The Morgan fingerprint density at radius 1 is 1.30 bits per heavy atom. The predicted molar refractivity (Wildman–Crippen MR) is 85.7 cm³/mol. The van der Waals surface area contributed by atoms with E-state index in [4.69, 9.17) is 0 Å². The molecule has 1 N–H and O–H groups in total. The lowest BCUT2D eigenvalue weighted by molar-refractivity contribution is 0.0952. The number of hydrogen-bond acceptors (Lipinski definition) is 5. The number of thiophene rings is 2. The Morgan fingerprint density at radius 2 is 2.20 bits per heavy atom. The van der Waals surface area contributed by atoms with Gasteiger partial charge in [-0.05, 0) is 24.4 Å². The lowest BCUT2D eigenvalue weighted by atomic mass is 10.2. The normalized spacial score (nSPS) is 10.7. The van der Waals surface area contributed by atoms with E-state index in [-0.39, 0.29) is 5.91 Å². The molecule has 6 heteroatoms. The van der Waals surface area contributed by atoms with Gasteiger partial charge in [0.05, 0.1) is 27.7 Å². The van der Waals surface area contributed by atoms with Crippen molar-refractivity contribution in [2.75, 3.05) is 0 Å². The number of hydrogen-bond donors (Lipinski definition) is 1. The van der Waals surface area contributed by atoms with Gasteiger partial charge in [0.2, 0.25) is 0 Å². The summed E-state index contributed by atoms with van der Waals surface area (Å²) in [6.45, 7) is 2.56. The molecule has 0 unspecified atom stereocenters. The second kappa shape index (κ2) is 5.87. The van der Waals surface area contributed by atoms with Crippen molar-refractivity contribution in [1.29, 1.82) is 0 Å². The van der Waals surface area contributed by atoms with Gasteiger partial charge in [0, 0.05) is 15.6 Å². The highest BCUT2D eigenvalue weighted by molar-refractivity contribution is 7.14. The molecule has 0 spiro atoms. The van der Waals surface area contributed by atoms with E-state index in [0.717, 1.165) is 20.5 Å². The monoisotopic (exact) mass is 320 g/mol. The summed E-state index contributed by atoms with van der Waals surface area (Å²) < 4.78 is 0. The van der Waals surface area contributed by atoms with E-state index in [1.54, 1.807) is 34.0 Å². The summed E-state index contributed by atoms with van der Waals surface area (Å²) in [6.07, 6.45) is 0. The van der Waals surface area contributed by atoms with Crippen molar-refractivity contribution in [3.05, 3.63) is 49.8 Å². The molecule has 3 aromatic heterocycles. The number of amides is 1. The van der Waals surface area contributed by atoms with Gasteiger partial charge >= 0.3 is 0 Å². The van der Waals surface area contributed by atoms with E-state index in [2.05, 4.69) is 10.3 Å². The van der Waals surface area contributed by atoms with Crippen molar-refractivity contribution >= 4 is 39.9 Å². The third kappa shape index (κ3) is 2.98. The summed E-state index contributed by atoms with van der Waals surface area (Å²) in [6, 6.07) is 5.91. The summed E-state index contributed by atoms with van der Waals surface area (Å²) in [7, 11) is 0. The lowest BCUT2D eigenvalue weighted by Crippen LogP contribution is -2.21. The predicted octanol–water partition coefficient (Wildman–Crippen LogP) is 4.17. The van der Waals surface area contributed by atoms with Gasteiger partial charge < -0.3 is 5.32 Å². The van der Waals surface area contributed by atoms with Gasteiger partial charge in [-0.2, -0.15) is 0 Å². The van der Waals surface area contributed by atoms with Crippen LogP contribution in [-0.4, -0.2) is 10.9 Å². The molecule has 3 aromatic rings. The van der Waals surface area contributed by atoms with Crippen molar-refractivity contribution in [2.24, 2.45) is 0 Å². The van der Waals surface area contributed by atoms with Crippen molar-refractivity contribution in [1.82, 2.24) is 10.3 Å². The van der Waals surface area contributed by atoms with Crippen LogP contribution in [0.3, 0.4) is 0 Å². The third-order valence-corrected chi connectivity index (χ3v) is 5.34. The fourth-order valence-electron chi connectivity index (χ4n) is 1.75. The number of aromatic nitrogens is 1. The molecule has 3 heterocycles. The van der Waals surface area contributed by atoms with Gasteiger partial charge in [0.1, 0.15) is 0 Å². The minimum Gasteiger partial charge on any atom is -0.347 e. The number of nitrogens with one attached hydrogen (secondary N) is 1. The molecule has 0 bridgehead atoms. The Kier molecular flexibility index (Phi) is 3.95. The smallest absolute Gasteiger partial charge is 0.252 e. The van der Waals surface area contributed by atoms with Crippen LogP contribution in [0.1, 0.15) is 20.2 Å². The second-order valence-electron chi connectivity index (χ2n) is 4.21. The van der Waals surface area contributed by atoms with Crippen molar-refractivity contribution in [3.8, 4) is 10.6 Å². The van der Waals surface area contributed by atoms with E-state index in [0.29, 0.717) is 12.1 Å². The maximum absolute atomic E-state index is 12.1. The number of carbonyl (C=O) groups is 1. The van der Waals surface area contributed by atoms with Gasteiger partial charge in [0.25, 0.3) is 5.91 Å². The largest absolute Gasteiger partial charge is 0.347 e. The van der Waals surface area contributed by atoms with Crippen LogP contribution in [0.2, 0.25) is 0 Å². The Bertz CT molecular complexity index is 712. The summed E-state index contributed by atoms with van der Waals surface area (Å²) in [4.78, 5) is 18.7. The average Bonchev–Trinajstić information content (AvgIpc) is 3.16. The minimum absolute atomic E-state index is 0.0344. The lowest BCUT2D eigenvalue weighted by Gasteiger charge is -2.00.